The Balaban J connectivity index is 1.91. The number of carbonyl (C=O) groups excluding carboxylic acids is 2. The number of rotatable bonds is 9. The average Bonchev–Trinajstić information content (AvgIpc) is 2.82. The van der Waals surface area contributed by atoms with E-state index in [0.29, 0.717) is 13.0 Å². The summed E-state index contributed by atoms with van der Waals surface area (Å²) in [4.78, 5) is 28.3. The average molecular weight is 443 g/mol. The van der Waals surface area contributed by atoms with Crippen LogP contribution in [0.3, 0.4) is 0 Å². The van der Waals surface area contributed by atoms with Gasteiger partial charge in [0.15, 0.2) is 0 Å². The summed E-state index contributed by atoms with van der Waals surface area (Å²) in [6, 6.07) is 27.7. The largest absolute Gasteiger partial charge is 0.352 e. The molecule has 0 aliphatic heterocycles. The molecule has 0 aliphatic carbocycles. The normalized spacial score (nSPS) is 11.9. The fourth-order valence-corrected chi connectivity index (χ4v) is 3.97. The van der Waals surface area contributed by atoms with Crippen LogP contribution in [0.4, 0.5) is 0 Å². The highest BCUT2D eigenvalue weighted by atomic mass is 16.2. The van der Waals surface area contributed by atoms with Crippen molar-refractivity contribution in [1.82, 2.24) is 10.2 Å². The van der Waals surface area contributed by atoms with Gasteiger partial charge in [-0.15, -0.1) is 0 Å². The highest BCUT2D eigenvalue weighted by Gasteiger charge is 2.29. The van der Waals surface area contributed by atoms with Crippen molar-refractivity contribution in [3.05, 3.63) is 107 Å². The van der Waals surface area contributed by atoms with Gasteiger partial charge in [-0.3, -0.25) is 9.59 Å². The molecule has 172 valence electrons. The van der Waals surface area contributed by atoms with Crippen LogP contribution in [-0.2, 0) is 16.1 Å². The fraction of sp³-hybridized carbons (Fsp3) is 0.310. The van der Waals surface area contributed by atoms with Crippen LogP contribution in [-0.4, -0.2) is 28.8 Å². The maximum atomic E-state index is 13.7. The number of amides is 2. The van der Waals surface area contributed by atoms with Crippen LogP contribution in [0.15, 0.2) is 84.9 Å². The summed E-state index contributed by atoms with van der Waals surface area (Å²) in [6.07, 6.45) is 0.291. The van der Waals surface area contributed by atoms with Gasteiger partial charge in [0.1, 0.15) is 6.04 Å². The maximum Gasteiger partial charge on any atom is 0.242 e. The van der Waals surface area contributed by atoms with Crippen molar-refractivity contribution >= 4 is 11.8 Å². The van der Waals surface area contributed by atoms with Crippen LogP contribution >= 0.6 is 0 Å². The molecule has 0 aromatic heterocycles. The molecule has 0 fully saturated rings. The number of hydrogen-bond donors (Lipinski definition) is 1. The number of nitrogens with zero attached hydrogens (tertiary/aromatic N) is 1. The molecule has 2 amide bonds. The first kappa shape index (κ1) is 24.2. The van der Waals surface area contributed by atoms with Crippen molar-refractivity contribution in [3.63, 3.8) is 0 Å². The van der Waals surface area contributed by atoms with E-state index in [1.165, 1.54) is 0 Å². The van der Waals surface area contributed by atoms with E-state index in [2.05, 4.69) is 29.6 Å². The lowest BCUT2D eigenvalue weighted by molar-refractivity contribution is -0.141. The van der Waals surface area contributed by atoms with Gasteiger partial charge in [-0.05, 0) is 44.4 Å². The SMILES string of the molecule is Cc1ccc(CN(C(=O)CC(c2ccccc2)c2ccccc2)[C@H](C)C(=O)NC(C)C)cc1. The van der Waals surface area contributed by atoms with Gasteiger partial charge in [0, 0.05) is 24.9 Å². The molecule has 3 aromatic rings. The van der Waals surface area contributed by atoms with E-state index in [9.17, 15) is 9.59 Å². The highest BCUT2D eigenvalue weighted by Crippen LogP contribution is 2.29. The third-order valence-electron chi connectivity index (χ3n) is 5.85. The van der Waals surface area contributed by atoms with E-state index in [1.807, 2.05) is 88.4 Å². The van der Waals surface area contributed by atoms with Crippen LogP contribution in [0.1, 0.15) is 55.4 Å². The van der Waals surface area contributed by atoms with E-state index in [1.54, 1.807) is 4.90 Å². The van der Waals surface area contributed by atoms with Gasteiger partial charge in [-0.25, -0.2) is 0 Å². The lowest BCUT2D eigenvalue weighted by atomic mass is 9.88. The molecule has 0 saturated heterocycles. The third-order valence-corrected chi connectivity index (χ3v) is 5.85. The number of aryl methyl sites for hydroxylation is 1. The lowest BCUT2D eigenvalue weighted by Gasteiger charge is -2.31. The second kappa shape index (κ2) is 11.5. The smallest absolute Gasteiger partial charge is 0.242 e. The zero-order valence-corrected chi connectivity index (χ0v) is 20.0. The topological polar surface area (TPSA) is 49.4 Å². The summed E-state index contributed by atoms with van der Waals surface area (Å²) < 4.78 is 0. The van der Waals surface area contributed by atoms with Gasteiger partial charge in [0.05, 0.1) is 0 Å². The van der Waals surface area contributed by atoms with Crippen LogP contribution in [0, 0.1) is 6.92 Å². The van der Waals surface area contributed by atoms with E-state index in [-0.39, 0.29) is 23.8 Å². The number of carbonyl (C=O) groups is 2. The standard InChI is InChI=1S/C29H34N2O2/c1-21(2)30-29(33)23(4)31(20-24-17-15-22(3)16-18-24)28(32)19-27(25-11-7-5-8-12-25)26-13-9-6-10-14-26/h5-18,21,23,27H,19-20H2,1-4H3,(H,30,33)/t23-/m1/s1. The van der Waals surface area contributed by atoms with E-state index in [4.69, 9.17) is 0 Å². The van der Waals surface area contributed by atoms with Gasteiger partial charge >= 0.3 is 0 Å². The Morgan fingerprint density at radius 1 is 0.788 bits per heavy atom. The van der Waals surface area contributed by atoms with E-state index < -0.39 is 6.04 Å². The summed E-state index contributed by atoms with van der Waals surface area (Å²) in [6.45, 7) is 8.09. The third kappa shape index (κ3) is 6.79. The molecule has 4 nitrogen and oxygen atoms in total. The number of nitrogens with one attached hydrogen (secondary N) is 1. The van der Waals surface area contributed by atoms with Gasteiger partial charge in [0.25, 0.3) is 0 Å². The molecule has 1 atom stereocenters. The summed E-state index contributed by atoms with van der Waals surface area (Å²) in [5.74, 6) is -0.262. The summed E-state index contributed by atoms with van der Waals surface area (Å²) >= 11 is 0. The zero-order chi connectivity index (χ0) is 23.8. The summed E-state index contributed by atoms with van der Waals surface area (Å²) in [5, 5.41) is 2.96. The van der Waals surface area contributed by atoms with Gasteiger partial charge in [-0.2, -0.15) is 0 Å². The van der Waals surface area contributed by atoms with Crippen LogP contribution < -0.4 is 5.32 Å². The molecule has 0 unspecified atom stereocenters. The minimum absolute atomic E-state index is 0.0117. The first-order valence-electron chi connectivity index (χ1n) is 11.6. The summed E-state index contributed by atoms with van der Waals surface area (Å²) in [7, 11) is 0. The van der Waals surface area contributed by atoms with Gasteiger partial charge < -0.3 is 10.2 Å². The van der Waals surface area contributed by atoms with E-state index >= 15 is 0 Å². The maximum absolute atomic E-state index is 13.7. The van der Waals surface area contributed by atoms with Crippen molar-refractivity contribution < 1.29 is 9.59 Å². The quantitative estimate of drug-likeness (QED) is 0.478. The van der Waals surface area contributed by atoms with Crippen molar-refractivity contribution in [1.29, 1.82) is 0 Å². The first-order chi connectivity index (χ1) is 15.8. The second-order valence-corrected chi connectivity index (χ2v) is 8.92. The molecular weight excluding hydrogens is 408 g/mol. The van der Waals surface area contributed by atoms with Crippen LogP contribution in [0.25, 0.3) is 0 Å². The molecule has 33 heavy (non-hydrogen) atoms. The Morgan fingerprint density at radius 2 is 1.30 bits per heavy atom. The molecule has 0 heterocycles. The predicted molar refractivity (Wildman–Crippen MR) is 134 cm³/mol. The molecule has 0 spiro atoms. The predicted octanol–water partition coefficient (Wildman–Crippen LogP) is 5.46. The van der Waals surface area contributed by atoms with Crippen molar-refractivity contribution in [2.24, 2.45) is 0 Å². The number of benzene rings is 3. The zero-order valence-electron chi connectivity index (χ0n) is 20.0. The Bertz CT molecular complexity index is 991. The molecule has 0 aliphatic rings. The fourth-order valence-electron chi connectivity index (χ4n) is 3.97. The molecule has 0 saturated carbocycles. The summed E-state index contributed by atoms with van der Waals surface area (Å²) in [5.41, 5.74) is 4.35. The number of hydrogen-bond acceptors (Lipinski definition) is 2. The molecule has 0 radical (unpaired) electrons. The van der Waals surface area contributed by atoms with Gasteiger partial charge in [-0.1, -0.05) is 90.5 Å². The Kier molecular flexibility index (Phi) is 8.42. The van der Waals surface area contributed by atoms with Crippen molar-refractivity contribution in [3.8, 4) is 0 Å². The Labute approximate surface area is 197 Å². The second-order valence-electron chi connectivity index (χ2n) is 8.92. The van der Waals surface area contributed by atoms with Crippen molar-refractivity contribution in [2.45, 2.75) is 58.7 Å². The molecular formula is C29H34N2O2. The monoisotopic (exact) mass is 442 g/mol. The molecule has 3 rings (SSSR count). The van der Waals surface area contributed by atoms with Gasteiger partial charge in [0.2, 0.25) is 11.8 Å². The van der Waals surface area contributed by atoms with Crippen molar-refractivity contribution in [2.75, 3.05) is 0 Å². The molecule has 1 N–H and O–H groups in total. The van der Waals surface area contributed by atoms with Crippen LogP contribution in [0.5, 0.6) is 0 Å². The minimum atomic E-state index is -0.576. The first-order valence-corrected chi connectivity index (χ1v) is 11.6. The van der Waals surface area contributed by atoms with Crippen LogP contribution in [0.2, 0.25) is 0 Å². The Morgan fingerprint density at radius 3 is 1.79 bits per heavy atom. The Hall–Kier alpha value is -3.40. The lowest BCUT2D eigenvalue weighted by Crippen LogP contribution is -2.49. The van der Waals surface area contributed by atoms with E-state index in [0.717, 1.165) is 22.3 Å². The highest BCUT2D eigenvalue weighted by molar-refractivity contribution is 5.88. The minimum Gasteiger partial charge on any atom is -0.352 e. The molecule has 4 heteroatoms. The molecule has 0 bridgehead atoms. The molecule has 3 aromatic carbocycles.